The first-order valence-corrected chi connectivity index (χ1v) is 19.6. The molecular formula is C52H32N6O. The van der Waals surface area contributed by atoms with Crippen LogP contribution >= 0.6 is 0 Å². The molecule has 7 nitrogen and oxygen atoms in total. The highest BCUT2D eigenvalue weighted by Gasteiger charge is 2.21. The van der Waals surface area contributed by atoms with E-state index in [-0.39, 0.29) is 0 Å². The molecule has 0 saturated heterocycles. The summed E-state index contributed by atoms with van der Waals surface area (Å²) < 4.78 is 10.6. The summed E-state index contributed by atoms with van der Waals surface area (Å²) in [4.78, 5) is 20.8. The molecule has 0 saturated carbocycles. The molecule has 7 heteroatoms. The van der Waals surface area contributed by atoms with Gasteiger partial charge in [0, 0.05) is 38.2 Å². The van der Waals surface area contributed by atoms with Gasteiger partial charge in [0.25, 0.3) is 0 Å². The van der Waals surface area contributed by atoms with Crippen molar-refractivity contribution >= 4 is 54.7 Å². The van der Waals surface area contributed by atoms with Gasteiger partial charge in [-0.1, -0.05) is 140 Å². The third-order valence-corrected chi connectivity index (χ3v) is 11.2. The van der Waals surface area contributed by atoms with Crippen molar-refractivity contribution in [3.8, 4) is 57.0 Å². The SMILES string of the molecule is c1ccc(-c2nc3c(-c4cccc(-c5cccc(-c6nc(-n7c8ccccc8c8ccccc87)nc(-n7c8ccccc8c8ccccc87)n6)c5)c4)cccc3o2)cc1. The molecule has 59 heavy (non-hydrogen) atoms. The number of oxazole rings is 1. The van der Waals surface area contributed by atoms with Gasteiger partial charge in [-0.25, -0.2) is 4.98 Å². The van der Waals surface area contributed by atoms with E-state index in [4.69, 9.17) is 24.4 Å². The van der Waals surface area contributed by atoms with E-state index in [0.29, 0.717) is 23.6 Å². The Kier molecular flexibility index (Phi) is 7.40. The van der Waals surface area contributed by atoms with Crippen LogP contribution in [-0.2, 0) is 0 Å². The zero-order valence-electron chi connectivity index (χ0n) is 31.6. The summed E-state index contributed by atoms with van der Waals surface area (Å²) in [7, 11) is 0. The summed E-state index contributed by atoms with van der Waals surface area (Å²) in [5.41, 5.74) is 11.7. The molecule has 12 aromatic rings. The molecule has 8 aromatic carbocycles. The lowest BCUT2D eigenvalue weighted by atomic mass is 9.97. The fourth-order valence-corrected chi connectivity index (χ4v) is 8.55. The van der Waals surface area contributed by atoms with E-state index < -0.39 is 0 Å². The van der Waals surface area contributed by atoms with Gasteiger partial charge < -0.3 is 4.42 Å². The molecule has 0 N–H and O–H groups in total. The van der Waals surface area contributed by atoms with Crippen molar-refractivity contribution in [2.75, 3.05) is 0 Å². The van der Waals surface area contributed by atoms with Crippen LogP contribution in [0.4, 0.5) is 0 Å². The quantitative estimate of drug-likeness (QED) is 0.169. The van der Waals surface area contributed by atoms with Crippen LogP contribution < -0.4 is 0 Å². The molecule has 0 spiro atoms. The van der Waals surface area contributed by atoms with Crippen molar-refractivity contribution in [3.05, 3.63) is 194 Å². The summed E-state index contributed by atoms with van der Waals surface area (Å²) in [5.74, 6) is 2.28. The Balaban J connectivity index is 1.04. The van der Waals surface area contributed by atoms with Crippen LogP contribution in [0.5, 0.6) is 0 Å². The Morgan fingerprint density at radius 2 is 0.780 bits per heavy atom. The lowest BCUT2D eigenvalue weighted by molar-refractivity contribution is 0.620. The van der Waals surface area contributed by atoms with E-state index in [9.17, 15) is 0 Å². The second-order valence-electron chi connectivity index (χ2n) is 14.7. The summed E-state index contributed by atoms with van der Waals surface area (Å²) in [6.07, 6.45) is 0. The second kappa shape index (κ2) is 13.2. The monoisotopic (exact) mass is 756 g/mol. The number of benzene rings is 8. The number of hydrogen-bond acceptors (Lipinski definition) is 5. The summed E-state index contributed by atoms with van der Waals surface area (Å²) in [6.45, 7) is 0. The normalized spacial score (nSPS) is 11.7. The molecule has 0 amide bonds. The van der Waals surface area contributed by atoms with Crippen molar-refractivity contribution in [3.63, 3.8) is 0 Å². The van der Waals surface area contributed by atoms with Crippen LogP contribution in [0.2, 0.25) is 0 Å². The Bertz CT molecular complexity index is 3340. The zero-order chi connectivity index (χ0) is 38.9. The molecule has 0 bridgehead atoms. The Labute approximate surface area is 338 Å². The zero-order valence-corrected chi connectivity index (χ0v) is 31.6. The first kappa shape index (κ1) is 33.0. The number of hydrogen-bond donors (Lipinski definition) is 0. The Hall–Kier alpha value is -8.16. The van der Waals surface area contributed by atoms with Gasteiger partial charge in [0.05, 0.1) is 22.1 Å². The molecule has 4 heterocycles. The maximum absolute atomic E-state index is 6.23. The minimum Gasteiger partial charge on any atom is -0.436 e. The number of fused-ring (bicyclic) bond motifs is 7. The van der Waals surface area contributed by atoms with Crippen molar-refractivity contribution in [1.82, 2.24) is 29.1 Å². The van der Waals surface area contributed by atoms with Crippen molar-refractivity contribution in [2.45, 2.75) is 0 Å². The Morgan fingerprint density at radius 1 is 0.339 bits per heavy atom. The predicted molar refractivity (Wildman–Crippen MR) is 238 cm³/mol. The molecule has 0 fully saturated rings. The standard InChI is InChI=1S/C52H32N6O/c1-2-15-33(16-3-1)50-53-48-38(25-14-30-47(48)59-50)36-19-12-17-34(31-36)35-18-13-20-37(32-35)49-54-51(57-43-26-8-4-21-39(43)40-22-5-9-27-44(40)57)56-52(55-49)58-45-28-10-6-23-41(45)42-24-7-11-29-46(42)58/h1-32H. The van der Waals surface area contributed by atoms with E-state index in [1.165, 1.54) is 0 Å². The van der Waals surface area contributed by atoms with E-state index in [1.807, 2.05) is 42.5 Å². The largest absolute Gasteiger partial charge is 0.436 e. The number of para-hydroxylation sites is 5. The molecule has 0 atom stereocenters. The fraction of sp³-hybridized carbons (Fsp3) is 0. The molecule has 0 aliphatic carbocycles. The van der Waals surface area contributed by atoms with Crippen LogP contribution in [0.1, 0.15) is 0 Å². The average molecular weight is 757 g/mol. The van der Waals surface area contributed by atoms with Crippen LogP contribution in [0.15, 0.2) is 199 Å². The van der Waals surface area contributed by atoms with Gasteiger partial charge in [-0.3, -0.25) is 9.13 Å². The maximum Gasteiger partial charge on any atom is 0.240 e. The number of nitrogens with zero attached hydrogens (tertiary/aromatic N) is 6. The van der Waals surface area contributed by atoms with E-state index >= 15 is 0 Å². The van der Waals surface area contributed by atoms with Gasteiger partial charge in [-0.2, -0.15) is 15.0 Å². The summed E-state index contributed by atoms with van der Waals surface area (Å²) in [5, 5.41) is 4.57. The molecule has 12 rings (SSSR count). The lowest BCUT2D eigenvalue weighted by Crippen LogP contribution is -2.10. The summed E-state index contributed by atoms with van der Waals surface area (Å²) >= 11 is 0. The Morgan fingerprint density at radius 3 is 1.34 bits per heavy atom. The third-order valence-electron chi connectivity index (χ3n) is 11.2. The van der Waals surface area contributed by atoms with Crippen LogP contribution in [-0.4, -0.2) is 29.1 Å². The predicted octanol–water partition coefficient (Wildman–Crippen LogP) is 12.9. The van der Waals surface area contributed by atoms with E-state index in [2.05, 4.69) is 161 Å². The highest BCUT2D eigenvalue weighted by Crippen LogP contribution is 2.37. The third kappa shape index (κ3) is 5.36. The first-order chi connectivity index (χ1) is 29.2. The molecule has 4 aromatic heterocycles. The van der Waals surface area contributed by atoms with Crippen molar-refractivity contribution in [2.24, 2.45) is 0 Å². The van der Waals surface area contributed by atoms with Gasteiger partial charge in [0.1, 0.15) is 5.52 Å². The minimum absolute atomic E-state index is 0.548. The maximum atomic E-state index is 6.23. The fourth-order valence-electron chi connectivity index (χ4n) is 8.55. The van der Waals surface area contributed by atoms with Crippen LogP contribution in [0, 0.1) is 0 Å². The highest BCUT2D eigenvalue weighted by molar-refractivity contribution is 6.10. The van der Waals surface area contributed by atoms with Crippen LogP contribution in [0.3, 0.4) is 0 Å². The molecule has 276 valence electrons. The lowest BCUT2D eigenvalue weighted by Gasteiger charge is -2.13. The molecule has 0 unspecified atom stereocenters. The highest BCUT2D eigenvalue weighted by atomic mass is 16.3. The van der Waals surface area contributed by atoms with Crippen molar-refractivity contribution < 1.29 is 4.42 Å². The molecule has 0 aliphatic heterocycles. The van der Waals surface area contributed by atoms with Crippen molar-refractivity contribution in [1.29, 1.82) is 0 Å². The summed E-state index contributed by atoms with van der Waals surface area (Å²) in [6, 6.07) is 66.9. The topological polar surface area (TPSA) is 74.6 Å². The van der Waals surface area contributed by atoms with E-state index in [0.717, 1.165) is 88.1 Å². The average Bonchev–Trinajstić information content (AvgIpc) is 4.00. The van der Waals surface area contributed by atoms with E-state index in [1.54, 1.807) is 0 Å². The minimum atomic E-state index is 0.548. The second-order valence-corrected chi connectivity index (χ2v) is 14.7. The van der Waals surface area contributed by atoms with Gasteiger partial charge in [0.15, 0.2) is 11.4 Å². The molecule has 0 aliphatic rings. The molecule has 0 radical (unpaired) electrons. The van der Waals surface area contributed by atoms with Gasteiger partial charge in [-0.15, -0.1) is 0 Å². The first-order valence-electron chi connectivity index (χ1n) is 19.6. The van der Waals surface area contributed by atoms with Crippen LogP contribution in [0.25, 0.3) is 112 Å². The van der Waals surface area contributed by atoms with Gasteiger partial charge in [0.2, 0.25) is 17.8 Å². The molecular weight excluding hydrogens is 725 g/mol. The number of aromatic nitrogens is 6. The van der Waals surface area contributed by atoms with Gasteiger partial charge >= 0.3 is 0 Å². The smallest absolute Gasteiger partial charge is 0.240 e. The number of rotatable bonds is 6. The van der Waals surface area contributed by atoms with Gasteiger partial charge in [-0.05, 0) is 71.3 Å².